The van der Waals surface area contributed by atoms with Gasteiger partial charge in [-0.25, -0.2) is 13.6 Å². The summed E-state index contributed by atoms with van der Waals surface area (Å²) in [4.78, 5) is 2.37. The molecule has 112 valence electrons. The van der Waals surface area contributed by atoms with Crippen molar-refractivity contribution in [2.45, 2.75) is 23.8 Å². The topological polar surface area (TPSA) is 98.6 Å². The highest BCUT2D eigenvalue weighted by molar-refractivity contribution is 7.89. The molecule has 7 heteroatoms. The van der Waals surface area contributed by atoms with Crippen LogP contribution in [-0.4, -0.2) is 45.6 Å². The number of ether oxygens (including phenoxy) is 1. The van der Waals surface area contributed by atoms with Gasteiger partial charge in [0, 0.05) is 19.1 Å². The van der Waals surface area contributed by atoms with E-state index in [1.54, 1.807) is 12.1 Å². The molecule has 1 aromatic carbocycles. The summed E-state index contributed by atoms with van der Waals surface area (Å²) in [5.41, 5.74) is 5.91. The fraction of sp³-hybridized carbons (Fsp3) is 0.538. The van der Waals surface area contributed by atoms with Gasteiger partial charge in [0.1, 0.15) is 12.4 Å². The number of benzene rings is 1. The number of rotatable bonds is 5. The van der Waals surface area contributed by atoms with Crippen LogP contribution in [0.4, 0.5) is 0 Å². The number of hydrogen-bond acceptors (Lipinski definition) is 5. The van der Waals surface area contributed by atoms with Crippen molar-refractivity contribution in [1.29, 1.82) is 0 Å². The van der Waals surface area contributed by atoms with Crippen LogP contribution in [0, 0.1) is 0 Å². The van der Waals surface area contributed by atoms with Gasteiger partial charge in [0.15, 0.2) is 0 Å². The predicted octanol–water partition coefficient (Wildman–Crippen LogP) is 0.136. The van der Waals surface area contributed by atoms with Crippen LogP contribution >= 0.6 is 0 Å². The van der Waals surface area contributed by atoms with Crippen molar-refractivity contribution in [3.63, 3.8) is 0 Å². The van der Waals surface area contributed by atoms with E-state index in [0.29, 0.717) is 12.4 Å². The van der Waals surface area contributed by atoms with E-state index in [9.17, 15) is 8.42 Å². The zero-order valence-electron chi connectivity index (χ0n) is 11.4. The molecule has 1 unspecified atom stereocenters. The van der Waals surface area contributed by atoms with Crippen LogP contribution in [0.5, 0.6) is 5.75 Å². The van der Waals surface area contributed by atoms with Crippen LogP contribution < -0.4 is 15.6 Å². The second-order valence-corrected chi connectivity index (χ2v) is 6.63. The lowest BCUT2D eigenvalue weighted by Gasteiger charge is -2.30. The molecule has 1 aliphatic rings. The molecular formula is C13H21N3O3S. The van der Waals surface area contributed by atoms with E-state index in [4.69, 9.17) is 15.6 Å². The number of nitrogens with two attached hydrogens (primary N) is 2. The fourth-order valence-corrected chi connectivity index (χ4v) is 2.83. The minimum absolute atomic E-state index is 0.0897. The second-order valence-electron chi connectivity index (χ2n) is 5.07. The first-order valence-electron chi connectivity index (χ1n) is 6.69. The summed E-state index contributed by atoms with van der Waals surface area (Å²) in [5, 5.41) is 5.03. The van der Waals surface area contributed by atoms with Gasteiger partial charge in [0.2, 0.25) is 10.0 Å². The number of hydrogen-bond donors (Lipinski definition) is 2. The third-order valence-electron chi connectivity index (χ3n) is 3.37. The Morgan fingerprint density at radius 3 is 2.60 bits per heavy atom. The third-order valence-corrected chi connectivity index (χ3v) is 4.30. The van der Waals surface area contributed by atoms with E-state index in [1.165, 1.54) is 12.1 Å². The van der Waals surface area contributed by atoms with Crippen LogP contribution in [0.1, 0.15) is 12.8 Å². The highest BCUT2D eigenvalue weighted by Crippen LogP contribution is 2.15. The first-order valence-corrected chi connectivity index (χ1v) is 8.23. The highest BCUT2D eigenvalue weighted by atomic mass is 32.2. The van der Waals surface area contributed by atoms with Crippen molar-refractivity contribution in [1.82, 2.24) is 4.90 Å². The average Bonchev–Trinajstić information content (AvgIpc) is 2.38. The summed E-state index contributed by atoms with van der Waals surface area (Å²) in [7, 11) is -3.64. The summed E-state index contributed by atoms with van der Waals surface area (Å²) in [6, 6.07) is 6.38. The molecule has 20 heavy (non-hydrogen) atoms. The lowest BCUT2D eigenvalue weighted by atomic mass is 10.1. The molecule has 0 aliphatic carbocycles. The van der Waals surface area contributed by atoms with Gasteiger partial charge in [-0.3, -0.25) is 4.90 Å². The molecular weight excluding hydrogens is 278 g/mol. The first kappa shape index (κ1) is 15.2. The molecule has 0 radical (unpaired) electrons. The quantitative estimate of drug-likeness (QED) is 0.805. The van der Waals surface area contributed by atoms with E-state index in [1.807, 2.05) is 0 Å². The van der Waals surface area contributed by atoms with Crippen molar-refractivity contribution < 1.29 is 13.2 Å². The maximum Gasteiger partial charge on any atom is 0.238 e. The maximum atomic E-state index is 11.1. The van der Waals surface area contributed by atoms with Crippen molar-refractivity contribution in [2.24, 2.45) is 10.9 Å². The smallest absolute Gasteiger partial charge is 0.238 e. The molecule has 1 heterocycles. The Morgan fingerprint density at radius 2 is 2.00 bits per heavy atom. The maximum absolute atomic E-state index is 11.1. The Kier molecular flexibility index (Phi) is 4.98. The number of primary sulfonamides is 1. The summed E-state index contributed by atoms with van der Waals surface area (Å²) in [5.74, 6) is 0.638. The predicted molar refractivity (Wildman–Crippen MR) is 77.0 cm³/mol. The van der Waals surface area contributed by atoms with Gasteiger partial charge in [-0.2, -0.15) is 0 Å². The molecule has 0 saturated carbocycles. The molecule has 0 bridgehead atoms. The van der Waals surface area contributed by atoms with E-state index >= 15 is 0 Å². The zero-order chi connectivity index (χ0) is 14.6. The molecule has 1 aromatic rings. The second kappa shape index (κ2) is 6.53. The minimum Gasteiger partial charge on any atom is -0.492 e. The molecule has 0 spiro atoms. The SMILES string of the molecule is NC1CCCN(CCOc2ccc(S(N)(=O)=O)cc2)C1. The third kappa shape index (κ3) is 4.45. The van der Waals surface area contributed by atoms with Crippen molar-refractivity contribution >= 4 is 10.0 Å². The summed E-state index contributed by atoms with van der Waals surface area (Å²) in [6.45, 7) is 3.35. The fourth-order valence-electron chi connectivity index (χ4n) is 2.31. The zero-order valence-corrected chi connectivity index (χ0v) is 12.2. The molecule has 0 aromatic heterocycles. The first-order chi connectivity index (χ1) is 9.45. The van der Waals surface area contributed by atoms with Gasteiger partial charge in [0.05, 0.1) is 4.90 Å². The Balaban J connectivity index is 1.79. The average molecular weight is 299 g/mol. The van der Waals surface area contributed by atoms with E-state index in [2.05, 4.69) is 4.90 Å². The van der Waals surface area contributed by atoms with Crippen molar-refractivity contribution in [3.8, 4) is 5.75 Å². The molecule has 1 saturated heterocycles. The minimum atomic E-state index is -3.64. The van der Waals surface area contributed by atoms with E-state index < -0.39 is 10.0 Å². The Hall–Kier alpha value is -1.15. The largest absolute Gasteiger partial charge is 0.492 e. The van der Waals surface area contributed by atoms with E-state index in [0.717, 1.165) is 32.5 Å². The number of sulfonamides is 1. The van der Waals surface area contributed by atoms with Crippen LogP contribution in [0.2, 0.25) is 0 Å². The lowest BCUT2D eigenvalue weighted by Crippen LogP contribution is -2.44. The van der Waals surface area contributed by atoms with Crippen LogP contribution in [0.15, 0.2) is 29.2 Å². The molecule has 4 N–H and O–H groups in total. The van der Waals surface area contributed by atoms with Crippen LogP contribution in [0.25, 0.3) is 0 Å². The number of piperidine rings is 1. The van der Waals surface area contributed by atoms with E-state index in [-0.39, 0.29) is 10.9 Å². The lowest BCUT2D eigenvalue weighted by molar-refractivity contribution is 0.171. The Bertz CT molecular complexity index is 530. The number of nitrogens with zero attached hydrogens (tertiary/aromatic N) is 1. The molecule has 1 fully saturated rings. The Labute approximate surface area is 119 Å². The summed E-state index contributed by atoms with van der Waals surface area (Å²) >= 11 is 0. The van der Waals surface area contributed by atoms with Crippen molar-refractivity contribution in [2.75, 3.05) is 26.2 Å². The van der Waals surface area contributed by atoms with Gasteiger partial charge in [-0.05, 0) is 43.7 Å². The highest BCUT2D eigenvalue weighted by Gasteiger charge is 2.16. The van der Waals surface area contributed by atoms with Gasteiger partial charge < -0.3 is 10.5 Å². The van der Waals surface area contributed by atoms with Crippen LogP contribution in [-0.2, 0) is 10.0 Å². The molecule has 1 atom stereocenters. The van der Waals surface area contributed by atoms with Gasteiger partial charge in [-0.1, -0.05) is 0 Å². The molecule has 6 nitrogen and oxygen atoms in total. The van der Waals surface area contributed by atoms with Crippen molar-refractivity contribution in [3.05, 3.63) is 24.3 Å². The van der Waals surface area contributed by atoms with Gasteiger partial charge in [-0.15, -0.1) is 0 Å². The van der Waals surface area contributed by atoms with Gasteiger partial charge >= 0.3 is 0 Å². The normalized spacial score (nSPS) is 20.8. The molecule has 2 rings (SSSR count). The van der Waals surface area contributed by atoms with Gasteiger partial charge in [0.25, 0.3) is 0 Å². The summed E-state index contributed by atoms with van der Waals surface area (Å²) < 4.78 is 27.8. The monoisotopic (exact) mass is 299 g/mol. The molecule has 1 aliphatic heterocycles. The molecule has 0 amide bonds. The Morgan fingerprint density at radius 1 is 1.30 bits per heavy atom. The number of likely N-dealkylation sites (tertiary alicyclic amines) is 1. The standard InChI is InChI=1S/C13H21N3O3S/c14-11-2-1-7-16(10-11)8-9-19-12-3-5-13(6-4-12)20(15,17)18/h3-6,11H,1-2,7-10,14H2,(H2,15,17,18). The van der Waals surface area contributed by atoms with Crippen LogP contribution in [0.3, 0.4) is 0 Å². The summed E-state index contributed by atoms with van der Waals surface area (Å²) in [6.07, 6.45) is 2.22.